The van der Waals surface area contributed by atoms with Gasteiger partial charge in [0.25, 0.3) is 11.1 Å². The second-order valence-electron chi connectivity index (χ2n) is 1.07. The van der Waals surface area contributed by atoms with Crippen molar-refractivity contribution < 1.29 is 25.3 Å². The first-order valence-corrected chi connectivity index (χ1v) is 2.52. The second kappa shape index (κ2) is 15.9. The summed E-state index contributed by atoms with van der Waals surface area (Å²) in [5.41, 5.74) is 0. The second-order valence-corrected chi connectivity index (χ2v) is 1.07. The topological polar surface area (TPSA) is 121 Å². The van der Waals surface area contributed by atoms with Gasteiger partial charge >= 0.3 is 0 Å². The lowest BCUT2D eigenvalue weighted by Crippen LogP contribution is -1.81. The maximum atomic E-state index is 9.00. The molecule has 0 heterocycles. The van der Waals surface area contributed by atoms with E-state index >= 15 is 0 Å². The molecule has 7 nitrogen and oxygen atoms in total. The number of aliphatic hydroxyl groups is 1. The average molecular weight is 169 g/mol. The minimum absolute atomic E-state index is 0.250. The molecule has 0 amide bonds. The highest BCUT2D eigenvalue weighted by Gasteiger charge is 1.65. The van der Waals surface area contributed by atoms with E-state index in [0.29, 0.717) is 0 Å². The number of aliphatic carboxylic acids is 1. The zero-order valence-electron chi connectivity index (χ0n) is 6.22. The van der Waals surface area contributed by atoms with Gasteiger partial charge in [0.05, 0.1) is 0 Å². The Labute approximate surface area is 63.0 Å². The first-order valence-electron chi connectivity index (χ1n) is 2.52. The van der Waals surface area contributed by atoms with E-state index in [1.807, 2.05) is 0 Å². The maximum Gasteiger partial charge on any atom is 0.300 e. The molecule has 3 N–H and O–H groups in total. The van der Waals surface area contributed by atoms with E-state index in [4.69, 9.17) is 30.3 Å². The van der Waals surface area contributed by atoms with Crippen LogP contribution in [0, 0.1) is 10.1 Å². The summed E-state index contributed by atoms with van der Waals surface area (Å²) in [4.78, 5) is 17.4. The minimum atomic E-state index is -1.50. The van der Waals surface area contributed by atoms with Crippen molar-refractivity contribution >= 4 is 5.97 Å². The normalized spacial score (nSPS) is 6.09. The highest BCUT2D eigenvalue weighted by Crippen LogP contribution is 1.42. The quantitative estimate of drug-likeness (QED) is 0.339. The van der Waals surface area contributed by atoms with Crippen LogP contribution in [-0.2, 0) is 4.79 Å². The monoisotopic (exact) mass is 169 g/mol. The highest BCUT2D eigenvalue weighted by atomic mass is 16.9. The summed E-state index contributed by atoms with van der Waals surface area (Å²) < 4.78 is 0. The Balaban J connectivity index is -0.0000000886. The van der Waals surface area contributed by atoms with Crippen LogP contribution in [0.25, 0.3) is 0 Å². The summed E-state index contributed by atoms with van der Waals surface area (Å²) in [7, 11) is 0. The Bertz CT molecular complexity index is 82.8. The van der Waals surface area contributed by atoms with Gasteiger partial charge in [-0.15, -0.1) is 10.1 Å². The number of carboxylic acids is 1. The molecule has 68 valence electrons. The van der Waals surface area contributed by atoms with Crippen LogP contribution in [0.5, 0.6) is 0 Å². The van der Waals surface area contributed by atoms with Gasteiger partial charge in [-0.2, -0.15) is 0 Å². The van der Waals surface area contributed by atoms with E-state index in [1.54, 1.807) is 6.92 Å². The van der Waals surface area contributed by atoms with Crippen molar-refractivity contribution in [2.75, 3.05) is 6.61 Å². The molecule has 0 aromatic rings. The van der Waals surface area contributed by atoms with Crippen molar-refractivity contribution in [1.82, 2.24) is 0 Å². The summed E-state index contributed by atoms with van der Waals surface area (Å²) in [6.07, 6.45) is 0. The van der Waals surface area contributed by atoms with Crippen LogP contribution in [0.1, 0.15) is 13.8 Å². The Hall–Kier alpha value is -1.37. The molecule has 0 saturated carbocycles. The number of aliphatic hydroxyl groups excluding tert-OH is 1. The van der Waals surface area contributed by atoms with Crippen molar-refractivity contribution in [3.63, 3.8) is 0 Å². The Kier molecular flexibility index (Phi) is 23.5. The third-order valence-electron chi connectivity index (χ3n) is 0. The largest absolute Gasteiger partial charge is 0.481 e. The molecule has 0 radical (unpaired) electrons. The molecule has 0 unspecified atom stereocenters. The molecule has 0 aliphatic heterocycles. The summed E-state index contributed by atoms with van der Waals surface area (Å²) in [6.45, 7) is 3.01. The molecule has 0 saturated heterocycles. The molecule has 0 aromatic heterocycles. The van der Waals surface area contributed by atoms with E-state index in [2.05, 4.69) is 0 Å². The van der Waals surface area contributed by atoms with Gasteiger partial charge in [0.15, 0.2) is 0 Å². The van der Waals surface area contributed by atoms with Gasteiger partial charge in [0.2, 0.25) is 0 Å². The molecule has 0 spiro atoms. The molecular weight excluding hydrogens is 158 g/mol. The first kappa shape index (κ1) is 16.3. The molecule has 11 heavy (non-hydrogen) atoms. The molecule has 0 rings (SSSR count). The fourth-order valence-electron chi connectivity index (χ4n) is 0. The van der Waals surface area contributed by atoms with Crippen LogP contribution < -0.4 is 0 Å². The van der Waals surface area contributed by atoms with Crippen molar-refractivity contribution in [1.29, 1.82) is 0 Å². The van der Waals surface area contributed by atoms with E-state index in [0.717, 1.165) is 6.92 Å². The number of hydrogen-bond acceptors (Lipinski definition) is 4. The van der Waals surface area contributed by atoms with Gasteiger partial charge in [0, 0.05) is 13.5 Å². The number of hydrogen-bond donors (Lipinski definition) is 3. The van der Waals surface area contributed by atoms with Crippen LogP contribution in [0.4, 0.5) is 0 Å². The van der Waals surface area contributed by atoms with Crippen molar-refractivity contribution in [2.45, 2.75) is 13.8 Å². The van der Waals surface area contributed by atoms with E-state index in [-0.39, 0.29) is 6.61 Å². The van der Waals surface area contributed by atoms with E-state index < -0.39 is 11.1 Å². The fourth-order valence-corrected chi connectivity index (χ4v) is 0. The number of rotatable bonds is 0. The highest BCUT2D eigenvalue weighted by molar-refractivity contribution is 5.62. The van der Waals surface area contributed by atoms with Crippen LogP contribution in [0.2, 0.25) is 0 Å². The summed E-state index contributed by atoms with van der Waals surface area (Å²) in [6, 6.07) is 0. The van der Waals surface area contributed by atoms with Gasteiger partial charge in [-0.25, -0.2) is 0 Å². The lowest BCUT2D eigenvalue weighted by Gasteiger charge is -1.59. The molecule has 0 aliphatic carbocycles. The van der Waals surface area contributed by atoms with E-state index in [1.165, 1.54) is 0 Å². The van der Waals surface area contributed by atoms with Gasteiger partial charge in [-0.3, -0.25) is 4.79 Å². The summed E-state index contributed by atoms with van der Waals surface area (Å²) in [5, 5.41) is 28.6. The molecule has 0 aromatic carbocycles. The summed E-state index contributed by atoms with van der Waals surface area (Å²) in [5.74, 6) is -0.833. The van der Waals surface area contributed by atoms with Crippen LogP contribution in [0.3, 0.4) is 0 Å². The van der Waals surface area contributed by atoms with Crippen LogP contribution in [0.15, 0.2) is 0 Å². The Morgan fingerprint density at radius 3 is 1.64 bits per heavy atom. The van der Waals surface area contributed by atoms with Crippen molar-refractivity contribution in [2.24, 2.45) is 0 Å². The SMILES string of the molecule is CC(=O)O.CCO.O=[N+]([O-])O. The first-order chi connectivity index (χ1) is 4.88. The lowest BCUT2D eigenvalue weighted by molar-refractivity contribution is -0.742. The predicted octanol–water partition coefficient (Wildman–Crippen LogP) is -0.258. The smallest absolute Gasteiger partial charge is 0.300 e. The standard InChI is InChI=1S/C2H4O2.C2H6O.HNO3/c1-2(3)4;1-2-3;2-1(3)4/h1H3,(H,3,4);3H,2H2,1H3;(H,2,3,4). The van der Waals surface area contributed by atoms with Gasteiger partial charge < -0.3 is 15.4 Å². The molecule has 7 heteroatoms. The molecule has 0 fully saturated rings. The Morgan fingerprint density at radius 2 is 1.64 bits per heavy atom. The third-order valence-corrected chi connectivity index (χ3v) is 0. The molecule has 0 bridgehead atoms. The van der Waals surface area contributed by atoms with Crippen LogP contribution >= 0.6 is 0 Å². The Morgan fingerprint density at radius 1 is 1.64 bits per heavy atom. The number of carbonyl (C=O) groups is 1. The zero-order chi connectivity index (χ0) is 9.86. The van der Waals surface area contributed by atoms with Crippen molar-refractivity contribution in [3.05, 3.63) is 10.1 Å². The molecule has 0 aliphatic rings. The van der Waals surface area contributed by atoms with Gasteiger partial charge in [0.1, 0.15) is 0 Å². The molecular formula is C4H11NO6. The fraction of sp³-hybridized carbons (Fsp3) is 0.750. The van der Waals surface area contributed by atoms with E-state index in [9.17, 15) is 0 Å². The lowest BCUT2D eigenvalue weighted by atomic mass is 10.9. The average Bonchev–Trinajstić information content (AvgIpc) is 1.60. The predicted molar refractivity (Wildman–Crippen MR) is 34.9 cm³/mol. The summed E-state index contributed by atoms with van der Waals surface area (Å²) >= 11 is 0. The van der Waals surface area contributed by atoms with Crippen LogP contribution in [-0.4, -0.2) is 33.1 Å². The number of carboxylic acid groups (broad SMARTS) is 1. The maximum absolute atomic E-state index is 9.00. The van der Waals surface area contributed by atoms with Crippen molar-refractivity contribution in [3.8, 4) is 0 Å². The number of nitrogens with zero attached hydrogens (tertiary/aromatic N) is 1. The van der Waals surface area contributed by atoms with Gasteiger partial charge in [-0.1, -0.05) is 0 Å². The minimum Gasteiger partial charge on any atom is -0.481 e. The van der Waals surface area contributed by atoms with Gasteiger partial charge in [-0.05, 0) is 6.92 Å². The molecule has 0 atom stereocenters. The zero-order valence-corrected chi connectivity index (χ0v) is 6.22. The third kappa shape index (κ3) is 202.